The molecular weight excluding hydrogens is 240 g/mol. The molecule has 0 atom stereocenters. The summed E-state index contributed by atoms with van der Waals surface area (Å²) in [5.74, 6) is -0.341. The molecule has 0 aliphatic carbocycles. The van der Waals surface area contributed by atoms with Gasteiger partial charge in [0, 0.05) is 11.9 Å². The average molecular weight is 251 g/mol. The zero-order valence-corrected chi connectivity index (χ0v) is 9.74. The first kappa shape index (κ1) is 11.8. The molecule has 2 N–H and O–H groups in total. The number of hydrogen-bond acceptors (Lipinski definition) is 3. The number of aliphatic hydroxyl groups excluding tert-OH is 1. The van der Waals surface area contributed by atoms with Crippen molar-refractivity contribution >= 4 is 28.4 Å². The van der Waals surface area contributed by atoms with Crippen LogP contribution in [-0.4, -0.2) is 29.1 Å². The molecule has 2 aromatic rings. The van der Waals surface area contributed by atoms with E-state index in [4.69, 9.17) is 16.7 Å². The van der Waals surface area contributed by atoms with Crippen molar-refractivity contribution in [3.8, 4) is 0 Å². The van der Waals surface area contributed by atoms with E-state index in [1.165, 1.54) is 6.07 Å². The first-order chi connectivity index (χ1) is 8.22. The normalized spacial score (nSPS) is 10.5. The topological polar surface area (TPSA) is 62.2 Å². The van der Waals surface area contributed by atoms with Gasteiger partial charge in [0.1, 0.15) is 5.69 Å². The van der Waals surface area contributed by atoms with Crippen LogP contribution in [0.1, 0.15) is 10.5 Å². The number of aromatic nitrogens is 1. The first-order valence-electron chi connectivity index (χ1n) is 5.16. The zero-order valence-electron chi connectivity index (χ0n) is 8.98. The van der Waals surface area contributed by atoms with Crippen LogP contribution in [0.25, 0.3) is 10.9 Å². The molecule has 1 heterocycles. The number of amides is 1. The van der Waals surface area contributed by atoms with Crippen molar-refractivity contribution in [2.75, 3.05) is 13.2 Å². The summed E-state index contributed by atoms with van der Waals surface area (Å²) in [4.78, 5) is 15.9. The van der Waals surface area contributed by atoms with E-state index in [0.29, 0.717) is 10.5 Å². The molecule has 88 valence electrons. The SMILES string of the molecule is O=C(NCCO)c1cc(Cl)c2ccccc2n1. The van der Waals surface area contributed by atoms with Crippen LogP contribution < -0.4 is 5.32 Å². The van der Waals surface area contributed by atoms with Gasteiger partial charge in [-0.2, -0.15) is 0 Å². The predicted molar refractivity (Wildman–Crippen MR) is 66.2 cm³/mol. The van der Waals surface area contributed by atoms with Gasteiger partial charge in [-0.05, 0) is 12.1 Å². The summed E-state index contributed by atoms with van der Waals surface area (Å²) in [5.41, 5.74) is 0.927. The van der Waals surface area contributed by atoms with Gasteiger partial charge in [-0.1, -0.05) is 29.8 Å². The number of para-hydroxylation sites is 1. The van der Waals surface area contributed by atoms with Gasteiger partial charge in [-0.3, -0.25) is 4.79 Å². The molecule has 17 heavy (non-hydrogen) atoms. The molecule has 0 spiro atoms. The van der Waals surface area contributed by atoms with Gasteiger partial charge in [-0.15, -0.1) is 0 Å². The number of fused-ring (bicyclic) bond motifs is 1. The van der Waals surface area contributed by atoms with E-state index < -0.39 is 0 Å². The molecule has 0 bridgehead atoms. The number of benzene rings is 1. The Kier molecular flexibility index (Phi) is 3.56. The van der Waals surface area contributed by atoms with E-state index in [9.17, 15) is 4.79 Å². The third-order valence-electron chi connectivity index (χ3n) is 2.30. The van der Waals surface area contributed by atoms with E-state index in [1.54, 1.807) is 6.07 Å². The van der Waals surface area contributed by atoms with Crippen molar-refractivity contribution in [1.82, 2.24) is 10.3 Å². The van der Waals surface area contributed by atoms with Crippen molar-refractivity contribution in [1.29, 1.82) is 0 Å². The lowest BCUT2D eigenvalue weighted by Gasteiger charge is -2.05. The Bertz CT molecular complexity index is 557. The molecular formula is C12H11ClN2O2. The number of carbonyl (C=O) groups excluding carboxylic acids is 1. The Balaban J connectivity index is 2.39. The van der Waals surface area contributed by atoms with Gasteiger partial charge in [0.05, 0.1) is 17.1 Å². The minimum Gasteiger partial charge on any atom is -0.395 e. The van der Waals surface area contributed by atoms with Crippen LogP contribution in [0.5, 0.6) is 0 Å². The van der Waals surface area contributed by atoms with Crippen molar-refractivity contribution in [3.63, 3.8) is 0 Å². The molecule has 0 radical (unpaired) electrons. The number of rotatable bonds is 3. The Morgan fingerprint density at radius 3 is 2.94 bits per heavy atom. The fourth-order valence-corrected chi connectivity index (χ4v) is 1.77. The Hall–Kier alpha value is -1.65. The summed E-state index contributed by atoms with van der Waals surface area (Å²) in [6.07, 6.45) is 0. The Labute approximate surface area is 103 Å². The third-order valence-corrected chi connectivity index (χ3v) is 2.61. The summed E-state index contributed by atoms with van der Waals surface area (Å²) >= 11 is 6.07. The average Bonchev–Trinajstić information content (AvgIpc) is 2.36. The number of nitrogens with one attached hydrogen (secondary N) is 1. The number of pyridine rings is 1. The monoisotopic (exact) mass is 250 g/mol. The van der Waals surface area contributed by atoms with Gasteiger partial charge < -0.3 is 10.4 Å². The van der Waals surface area contributed by atoms with Crippen LogP contribution in [0.4, 0.5) is 0 Å². The highest BCUT2D eigenvalue weighted by molar-refractivity contribution is 6.35. The maximum atomic E-state index is 11.7. The first-order valence-corrected chi connectivity index (χ1v) is 5.54. The molecule has 0 unspecified atom stereocenters. The molecule has 0 aliphatic rings. The second-order valence-corrected chi connectivity index (χ2v) is 3.89. The smallest absolute Gasteiger partial charge is 0.270 e. The molecule has 0 fully saturated rings. The third kappa shape index (κ3) is 2.54. The minimum absolute atomic E-state index is 0.104. The minimum atomic E-state index is -0.341. The molecule has 5 heteroatoms. The second-order valence-electron chi connectivity index (χ2n) is 3.49. The van der Waals surface area contributed by atoms with Gasteiger partial charge >= 0.3 is 0 Å². The lowest BCUT2D eigenvalue weighted by Crippen LogP contribution is -2.27. The number of halogens is 1. The maximum Gasteiger partial charge on any atom is 0.270 e. The van der Waals surface area contributed by atoms with Gasteiger partial charge in [0.25, 0.3) is 5.91 Å². The Morgan fingerprint density at radius 1 is 1.41 bits per heavy atom. The molecule has 1 aromatic heterocycles. The number of hydrogen-bond donors (Lipinski definition) is 2. The quantitative estimate of drug-likeness (QED) is 0.870. The number of carbonyl (C=O) groups is 1. The highest BCUT2D eigenvalue weighted by Crippen LogP contribution is 2.22. The second kappa shape index (κ2) is 5.12. The lowest BCUT2D eigenvalue weighted by molar-refractivity contribution is 0.0940. The van der Waals surface area contributed by atoms with E-state index >= 15 is 0 Å². The summed E-state index contributed by atoms with van der Waals surface area (Å²) < 4.78 is 0. The largest absolute Gasteiger partial charge is 0.395 e. The predicted octanol–water partition coefficient (Wildman–Crippen LogP) is 1.61. The summed E-state index contributed by atoms with van der Waals surface area (Å²) in [6.45, 7) is 0.0953. The molecule has 2 rings (SSSR count). The van der Waals surface area contributed by atoms with E-state index in [-0.39, 0.29) is 24.8 Å². The summed E-state index contributed by atoms with van der Waals surface area (Å²) in [6, 6.07) is 8.86. The number of aliphatic hydroxyl groups is 1. The summed E-state index contributed by atoms with van der Waals surface area (Å²) in [5, 5.41) is 12.5. The fraction of sp³-hybridized carbons (Fsp3) is 0.167. The molecule has 1 aromatic carbocycles. The van der Waals surface area contributed by atoms with Crippen LogP contribution >= 0.6 is 11.6 Å². The number of nitrogens with zero attached hydrogens (tertiary/aromatic N) is 1. The maximum absolute atomic E-state index is 11.7. The Morgan fingerprint density at radius 2 is 2.18 bits per heavy atom. The van der Waals surface area contributed by atoms with E-state index in [2.05, 4.69) is 10.3 Å². The molecule has 0 saturated heterocycles. The summed E-state index contributed by atoms with van der Waals surface area (Å²) in [7, 11) is 0. The standard InChI is InChI=1S/C12H11ClN2O2/c13-9-7-11(12(17)14-5-6-16)15-10-4-2-1-3-8(9)10/h1-4,7,16H,5-6H2,(H,14,17). The van der Waals surface area contributed by atoms with Crippen LogP contribution in [0, 0.1) is 0 Å². The molecule has 1 amide bonds. The van der Waals surface area contributed by atoms with Crippen LogP contribution in [-0.2, 0) is 0 Å². The van der Waals surface area contributed by atoms with Crippen LogP contribution in [0.2, 0.25) is 5.02 Å². The van der Waals surface area contributed by atoms with Gasteiger partial charge in [0.2, 0.25) is 0 Å². The lowest BCUT2D eigenvalue weighted by atomic mass is 10.2. The van der Waals surface area contributed by atoms with E-state index in [0.717, 1.165) is 5.39 Å². The van der Waals surface area contributed by atoms with E-state index in [1.807, 2.05) is 18.2 Å². The molecule has 0 saturated carbocycles. The molecule has 0 aliphatic heterocycles. The molecule has 4 nitrogen and oxygen atoms in total. The fourth-order valence-electron chi connectivity index (χ4n) is 1.51. The van der Waals surface area contributed by atoms with Gasteiger partial charge in [-0.25, -0.2) is 4.98 Å². The highest BCUT2D eigenvalue weighted by Gasteiger charge is 2.10. The van der Waals surface area contributed by atoms with Crippen molar-refractivity contribution in [2.45, 2.75) is 0 Å². The van der Waals surface area contributed by atoms with Crippen LogP contribution in [0.3, 0.4) is 0 Å². The highest BCUT2D eigenvalue weighted by atomic mass is 35.5. The zero-order chi connectivity index (χ0) is 12.3. The van der Waals surface area contributed by atoms with Crippen molar-refractivity contribution in [3.05, 3.63) is 41.0 Å². The van der Waals surface area contributed by atoms with Crippen LogP contribution in [0.15, 0.2) is 30.3 Å². The van der Waals surface area contributed by atoms with Crippen molar-refractivity contribution in [2.24, 2.45) is 0 Å². The van der Waals surface area contributed by atoms with Crippen molar-refractivity contribution < 1.29 is 9.90 Å². The van der Waals surface area contributed by atoms with Gasteiger partial charge in [0.15, 0.2) is 0 Å².